The van der Waals surface area contributed by atoms with Gasteiger partial charge >= 0.3 is 0 Å². The van der Waals surface area contributed by atoms with Gasteiger partial charge in [-0.05, 0) is 31.2 Å². The largest absolute Gasteiger partial charge is 0.498 e. The van der Waals surface area contributed by atoms with Crippen LogP contribution in [0.4, 0.5) is 4.39 Å². The maximum Gasteiger partial charge on any atom is 0.123 e. The fourth-order valence-corrected chi connectivity index (χ4v) is 2.19. The number of hydrogen-bond donors (Lipinski definition) is 1. The summed E-state index contributed by atoms with van der Waals surface area (Å²) in [5.41, 5.74) is 3.89. The number of nitrogens with zero attached hydrogens (tertiary/aromatic N) is 1. The Kier molecular flexibility index (Phi) is 2.63. The van der Waals surface area contributed by atoms with Crippen molar-refractivity contribution in [3.05, 3.63) is 47.1 Å². The minimum absolute atomic E-state index is 0.237. The van der Waals surface area contributed by atoms with E-state index in [1.807, 2.05) is 13.0 Å². The molecule has 3 nitrogen and oxygen atoms in total. The Balaban J connectivity index is 1.93. The molecule has 1 aromatic heterocycles. The summed E-state index contributed by atoms with van der Waals surface area (Å²) in [6, 6.07) is 6.37. The van der Waals surface area contributed by atoms with Crippen molar-refractivity contribution in [2.75, 3.05) is 6.61 Å². The number of benzene rings is 1. The van der Waals surface area contributed by atoms with Gasteiger partial charge in [0.2, 0.25) is 0 Å². The quantitative estimate of drug-likeness (QED) is 0.900. The highest BCUT2D eigenvalue weighted by molar-refractivity contribution is 5.72. The summed E-state index contributed by atoms with van der Waals surface area (Å²) in [7, 11) is 0. The van der Waals surface area contributed by atoms with Gasteiger partial charge in [-0.25, -0.2) is 4.39 Å². The molecule has 2 aromatic rings. The standard InChI is InChI=1S/C14H13FN2O/c1-2-18-11-7-12-13(8-11)16-17-14(12)9-3-5-10(15)6-4-9/h3-6,8H,2,7H2,1H3,(H,16,17). The number of rotatable bonds is 3. The van der Waals surface area contributed by atoms with Gasteiger partial charge in [-0.2, -0.15) is 5.10 Å². The molecular formula is C14H13FN2O. The van der Waals surface area contributed by atoms with Crippen LogP contribution >= 0.6 is 0 Å². The second-order valence-electron chi connectivity index (χ2n) is 4.19. The number of fused-ring (bicyclic) bond motifs is 1. The molecule has 0 fully saturated rings. The molecule has 92 valence electrons. The first-order chi connectivity index (χ1) is 8.78. The highest BCUT2D eigenvalue weighted by atomic mass is 19.1. The lowest BCUT2D eigenvalue weighted by Gasteiger charge is -2.04. The second kappa shape index (κ2) is 4.29. The molecule has 3 rings (SSSR count). The number of halogens is 1. The van der Waals surface area contributed by atoms with Crippen molar-refractivity contribution in [1.29, 1.82) is 0 Å². The zero-order chi connectivity index (χ0) is 12.5. The maximum absolute atomic E-state index is 12.9. The smallest absolute Gasteiger partial charge is 0.123 e. The average Bonchev–Trinajstić information content (AvgIpc) is 2.90. The van der Waals surface area contributed by atoms with Crippen LogP contribution in [0.2, 0.25) is 0 Å². The van der Waals surface area contributed by atoms with Gasteiger partial charge in [-0.1, -0.05) is 0 Å². The molecule has 0 bridgehead atoms. The van der Waals surface area contributed by atoms with E-state index in [1.54, 1.807) is 12.1 Å². The molecule has 0 aliphatic heterocycles. The number of nitrogens with one attached hydrogen (secondary N) is 1. The minimum Gasteiger partial charge on any atom is -0.498 e. The Labute approximate surface area is 104 Å². The first-order valence-electron chi connectivity index (χ1n) is 5.94. The van der Waals surface area contributed by atoms with E-state index in [-0.39, 0.29) is 5.82 Å². The predicted molar refractivity (Wildman–Crippen MR) is 67.3 cm³/mol. The lowest BCUT2D eigenvalue weighted by molar-refractivity contribution is 0.228. The fraction of sp³-hybridized carbons (Fsp3) is 0.214. The molecule has 0 amide bonds. The fourth-order valence-electron chi connectivity index (χ4n) is 2.19. The molecule has 1 heterocycles. The van der Waals surface area contributed by atoms with E-state index >= 15 is 0 Å². The van der Waals surface area contributed by atoms with Gasteiger partial charge in [0.15, 0.2) is 0 Å². The van der Waals surface area contributed by atoms with E-state index in [4.69, 9.17) is 4.74 Å². The summed E-state index contributed by atoms with van der Waals surface area (Å²) < 4.78 is 18.4. The molecule has 0 spiro atoms. The van der Waals surface area contributed by atoms with Gasteiger partial charge in [0.1, 0.15) is 11.6 Å². The average molecular weight is 244 g/mol. The van der Waals surface area contributed by atoms with Crippen LogP contribution in [0.25, 0.3) is 17.3 Å². The molecule has 0 saturated carbocycles. The highest BCUT2D eigenvalue weighted by Crippen LogP contribution is 2.32. The van der Waals surface area contributed by atoms with E-state index in [9.17, 15) is 4.39 Å². The monoisotopic (exact) mass is 244 g/mol. The van der Waals surface area contributed by atoms with Gasteiger partial charge in [0.25, 0.3) is 0 Å². The van der Waals surface area contributed by atoms with Gasteiger partial charge < -0.3 is 4.74 Å². The third-order valence-electron chi connectivity index (χ3n) is 3.00. The van der Waals surface area contributed by atoms with Crippen LogP contribution in [0.1, 0.15) is 18.2 Å². The van der Waals surface area contributed by atoms with Crippen LogP contribution in [-0.4, -0.2) is 16.8 Å². The van der Waals surface area contributed by atoms with E-state index < -0.39 is 0 Å². The van der Waals surface area contributed by atoms with E-state index in [2.05, 4.69) is 10.2 Å². The molecule has 0 atom stereocenters. The molecular weight excluding hydrogens is 231 g/mol. The third-order valence-corrected chi connectivity index (χ3v) is 3.00. The maximum atomic E-state index is 12.9. The molecule has 0 radical (unpaired) electrons. The Morgan fingerprint density at radius 3 is 2.83 bits per heavy atom. The lowest BCUT2D eigenvalue weighted by atomic mass is 10.1. The number of allylic oxidation sites excluding steroid dienone is 1. The van der Waals surface area contributed by atoms with Gasteiger partial charge in [0.05, 0.1) is 18.0 Å². The normalized spacial score (nSPS) is 13.3. The van der Waals surface area contributed by atoms with Crippen molar-refractivity contribution in [2.45, 2.75) is 13.3 Å². The van der Waals surface area contributed by atoms with E-state index in [1.165, 1.54) is 12.1 Å². The summed E-state index contributed by atoms with van der Waals surface area (Å²) in [6.07, 6.45) is 2.71. The Morgan fingerprint density at radius 1 is 1.33 bits per heavy atom. The minimum atomic E-state index is -0.237. The van der Waals surface area contributed by atoms with Crippen LogP contribution < -0.4 is 0 Å². The topological polar surface area (TPSA) is 37.9 Å². The first kappa shape index (κ1) is 11.0. The van der Waals surface area contributed by atoms with Gasteiger partial charge in [-0.15, -0.1) is 0 Å². The van der Waals surface area contributed by atoms with Crippen LogP contribution in [0.5, 0.6) is 0 Å². The molecule has 1 aliphatic rings. The second-order valence-corrected chi connectivity index (χ2v) is 4.19. The van der Waals surface area contributed by atoms with Crippen LogP contribution in [0.15, 0.2) is 30.0 Å². The van der Waals surface area contributed by atoms with Crippen LogP contribution in [0.3, 0.4) is 0 Å². The van der Waals surface area contributed by atoms with Crippen molar-refractivity contribution in [3.63, 3.8) is 0 Å². The Bertz CT molecular complexity index is 599. The number of H-pyrrole nitrogens is 1. The van der Waals surface area contributed by atoms with Gasteiger partial charge in [0, 0.05) is 23.6 Å². The summed E-state index contributed by atoms with van der Waals surface area (Å²) >= 11 is 0. The molecule has 1 aromatic carbocycles. The van der Waals surface area contributed by atoms with Crippen LogP contribution in [0, 0.1) is 5.82 Å². The SMILES string of the molecule is CCOC1=Cc2[nH]nc(-c3ccc(F)cc3)c2C1. The Hall–Kier alpha value is -2.10. The number of hydrogen-bond acceptors (Lipinski definition) is 2. The third kappa shape index (κ3) is 1.79. The van der Waals surface area contributed by atoms with Gasteiger partial charge in [-0.3, -0.25) is 5.10 Å². The Morgan fingerprint density at radius 2 is 2.11 bits per heavy atom. The molecule has 0 unspecified atom stereocenters. The summed E-state index contributed by atoms with van der Waals surface area (Å²) in [4.78, 5) is 0. The molecule has 1 N–H and O–H groups in total. The zero-order valence-electron chi connectivity index (χ0n) is 10.0. The lowest BCUT2D eigenvalue weighted by Crippen LogP contribution is -1.93. The summed E-state index contributed by atoms with van der Waals surface area (Å²) in [6.45, 7) is 2.63. The summed E-state index contributed by atoms with van der Waals surface area (Å²) in [5.74, 6) is 0.712. The first-order valence-corrected chi connectivity index (χ1v) is 5.94. The molecule has 4 heteroatoms. The number of ether oxygens (including phenoxy) is 1. The predicted octanol–water partition coefficient (Wildman–Crippen LogP) is 3.15. The molecule has 0 saturated heterocycles. The summed E-state index contributed by atoms with van der Waals surface area (Å²) in [5, 5.41) is 7.27. The van der Waals surface area contributed by atoms with Crippen molar-refractivity contribution in [3.8, 4) is 11.3 Å². The van der Waals surface area contributed by atoms with E-state index in [0.717, 1.165) is 34.7 Å². The van der Waals surface area contributed by atoms with Crippen molar-refractivity contribution in [1.82, 2.24) is 10.2 Å². The van der Waals surface area contributed by atoms with Crippen molar-refractivity contribution < 1.29 is 9.13 Å². The van der Waals surface area contributed by atoms with Crippen molar-refractivity contribution in [2.24, 2.45) is 0 Å². The number of aromatic nitrogens is 2. The van der Waals surface area contributed by atoms with Crippen LogP contribution in [-0.2, 0) is 11.2 Å². The highest BCUT2D eigenvalue weighted by Gasteiger charge is 2.21. The molecule has 18 heavy (non-hydrogen) atoms. The van der Waals surface area contributed by atoms with E-state index in [0.29, 0.717) is 6.61 Å². The molecule has 1 aliphatic carbocycles. The van der Waals surface area contributed by atoms with Crippen molar-refractivity contribution >= 4 is 6.08 Å². The number of aromatic amines is 1. The zero-order valence-corrected chi connectivity index (χ0v) is 10.0.